The van der Waals surface area contributed by atoms with E-state index >= 15 is 0 Å². The Morgan fingerprint density at radius 1 is 1.00 bits per heavy atom. The minimum absolute atomic E-state index is 0.143. The number of anilines is 2. The molecule has 0 bridgehead atoms. The highest BCUT2D eigenvalue weighted by Crippen LogP contribution is 2.67. The van der Waals surface area contributed by atoms with Gasteiger partial charge in [0.1, 0.15) is 0 Å². The summed E-state index contributed by atoms with van der Waals surface area (Å²) in [6.07, 6.45) is -0.316. The Morgan fingerprint density at radius 3 is 2.37 bits per heavy atom. The van der Waals surface area contributed by atoms with E-state index in [0.29, 0.717) is 13.2 Å². The summed E-state index contributed by atoms with van der Waals surface area (Å²) >= 11 is 6.61. The first-order valence-electron chi connectivity index (χ1n) is 10.4. The molecule has 7 heteroatoms. The lowest BCUT2D eigenvalue weighted by Crippen LogP contribution is -2.38. The van der Waals surface area contributed by atoms with E-state index in [1.165, 1.54) is 22.3 Å². The largest absolute Gasteiger partial charge is 0.379 e. The first kappa shape index (κ1) is 20.0. The van der Waals surface area contributed by atoms with Crippen LogP contribution in [-0.4, -0.2) is 44.2 Å². The highest BCUT2D eigenvalue weighted by Gasteiger charge is 2.48. The van der Waals surface area contributed by atoms with E-state index in [1.54, 1.807) is 0 Å². The number of hydrogen-bond acceptors (Lipinski definition) is 4. The molecule has 0 N–H and O–H groups in total. The lowest BCUT2D eigenvalue weighted by atomic mass is 9.84. The van der Waals surface area contributed by atoms with Crippen LogP contribution in [0.15, 0.2) is 70.7 Å². The number of rotatable bonds is 2. The Bertz CT molecular complexity index is 1080. The molecule has 0 amide bonds. The van der Waals surface area contributed by atoms with Gasteiger partial charge < -0.3 is 9.64 Å². The molecule has 3 heterocycles. The van der Waals surface area contributed by atoms with Crippen molar-refractivity contribution < 1.29 is 4.74 Å². The number of nitrogens with zero attached hydrogens (tertiary/aromatic N) is 4. The fraction of sp³-hybridized carbons (Fsp3) is 0.348. The van der Waals surface area contributed by atoms with Crippen molar-refractivity contribution in [2.24, 2.45) is 5.10 Å². The zero-order chi connectivity index (χ0) is 20.9. The minimum atomic E-state index is -2.35. The molecule has 30 heavy (non-hydrogen) atoms. The van der Waals surface area contributed by atoms with E-state index in [4.69, 9.17) is 21.6 Å². The van der Waals surface area contributed by atoms with Gasteiger partial charge in [0.05, 0.1) is 30.4 Å². The summed E-state index contributed by atoms with van der Waals surface area (Å²) in [6, 6.07) is 19.0. The van der Waals surface area contributed by atoms with Crippen molar-refractivity contribution in [2.75, 3.05) is 43.0 Å². The second-order valence-corrected chi connectivity index (χ2v) is 12.5. The highest BCUT2D eigenvalue weighted by atomic mass is 32.4. The topological polar surface area (TPSA) is 31.3 Å². The van der Waals surface area contributed by atoms with Gasteiger partial charge >= 0.3 is 0 Å². The molecule has 0 radical (unpaired) electrons. The van der Waals surface area contributed by atoms with Crippen LogP contribution in [0.5, 0.6) is 0 Å². The Balaban J connectivity index is 1.72. The summed E-state index contributed by atoms with van der Waals surface area (Å²) in [4.78, 5) is 2.33. The summed E-state index contributed by atoms with van der Waals surface area (Å²) in [5.41, 5.74) is 4.76. The third-order valence-electron chi connectivity index (χ3n) is 6.33. The number of morpholine rings is 1. The van der Waals surface area contributed by atoms with Crippen LogP contribution in [0, 0.1) is 0 Å². The molecule has 1 unspecified atom stereocenters. The van der Waals surface area contributed by atoms with Crippen LogP contribution in [-0.2, 0) is 22.0 Å². The average Bonchev–Trinajstić information content (AvgIpc) is 3.21. The van der Waals surface area contributed by atoms with Crippen molar-refractivity contribution >= 4 is 35.7 Å². The molecule has 3 aliphatic heterocycles. The zero-order valence-electron chi connectivity index (χ0n) is 17.7. The van der Waals surface area contributed by atoms with Gasteiger partial charge in [-0.1, -0.05) is 62.1 Å². The third-order valence-corrected chi connectivity index (χ3v) is 11.0. The second-order valence-electron chi connectivity index (χ2n) is 8.41. The fourth-order valence-electron chi connectivity index (χ4n) is 4.89. The van der Waals surface area contributed by atoms with Gasteiger partial charge in [0.2, 0.25) is 0 Å². The van der Waals surface area contributed by atoms with Crippen LogP contribution < -0.4 is 9.68 Å². The SMILES string of the molecule is CN1C(=C2C=NN(c3ccccc3)P2(=S)N2CCOCC2)C(C)(C)c2ccccc21. The Hall–Kier alpha value is -1.98. The smallest absolute Gasteiger partial charge is 0.154 e. The maximum Gasteiger partial charge on any atom is 0.154 e. The van der Waals surface area contributed by atoms with Crippen LogP contribution in [0.2, 0.25) is 0 Å². The first-order chi connectivity index (χ1) is 14.5. The second kappa shape index (κ2) is 7.31. The molecule has 2 aromatic carbocycles. The minimum Gasteiger partial charge on any atom is -0.379 e. The van der Waals surface area contributed by atoms with E-state index in [-0.39, 0.29) is 5.41 Å². The molecule has 0 spiro atoms. The molecule has 156 valence electrons. The summed E-state index contributed by atoms with van der Waals surface area (Å²) in [7, 11) is 2.16. The van der Waals surface area contributed by atoms with Crippen molar-refractivity contribution in [3.63, 3.8) is 0 Å². The van der Waals surface area contributed by atoms with Gasteiger partial charge in [0, 0.05) is 36.9 Å². The molecular weight excluding hydrogens is 411 g/mol. The number of para-hydroxylation sites is 2. The van der Waals surface area contributed by atoms with E-state index in [2.05, 4.69) is 83.8 Å². The maximum absolute atomic E-state index is 6.61. The molecule has 0 aliphatic carbocycles. The molecule has 0 aromatic heterocycles. The van der Waals surface area contributed by atoms with E-state index in [0.717, 1.165) is 18.8 Å². The molecule has 2 aromatic rings. The molecule has 5 nitrogen and oxygen atoms in total. The standard InChI is InChI=1S/C23H27N4OPS/c1-23(2)19-11-7-8-12-20(19)25(3)22(23)21-17-24-27(18-9-5-4-6-10-18)29(21,30)26-13-15-28-16-14-26/h4-12,17H,13-16H2,1-3H3. The highest BCUT2D eigenvalue weighted by molar-refractivity contribution is 8.16. The number of fused-ring (bicyclic) bond motifs is 1. The summed E-state index contributed by atoms with van der Waals surface area (Å²) in [5.74, 6) is 0. The number of hydrogen-bond donors (Lipinski definition) is 0. The van der Waals surface area contributed by atoms with E-state index in [9.17, 15) is 0 Å². The third kappa shape index (κ3) is 2.82. The van der Waals surface area contributed by atoms with Gasteiger partial charge in [-0.2, -0.15) is 5.10 Å². The molecule has 1 atom stereocenters. The monoisotopic (exact) mass is 438 g/mol. The van der Waals surface area contributed by atoms with Crippen molar-refractivity contribution in [3.05, 3.63) is 71.2 Å². The number of benzene rings is 2. The van der Waals surface area contributed by atoms with Crippen molar-refractivity contribution in [1.82, 2.24) is 4.67 Å². The van der Waals surface area contributed by atoms with Gasteiger partial charge in [-0.15, -0.1) is 0 Å². The Labute approximate surface area is 183 Å². The first-order valence-corrected chi connectivity index (χ1v) is 13.1. The molecule has 1 saturated heterocycles. The number of ether oxygens (including phenoxy) is 1. The lowest BCUT2D eigenvalue weighted by Gasteiger charge is -2.41. The molecule has 1 fully saturated rings. The summed E-state index contributed by atoms with van der Waals surface area (Å²) in [5, 5.41) is 6.10. The normalized spacial score (nSPS) is 28.2. The fourth-order valence-corrected chi connectivity index (χ4v) is 9.19. The van der Waals surface area contributed by atoms with Gasteiger partial charge in [0.15, 0.2) is 6.34 Å². The Morgan fingerprint density at radius 2 is 1.67 bits per heavy atom. The van der Waals surface area contributed by atoms with Crippen molar-refractivity contribution in [3.8, 4) is 0 Å². The van der Waals surface area contributed by atoms with Crippen LogP contribution in [0.25, 0.3) is 0 Å². The summed E-state index contributed by atoms with van der Waals surface area (Å²) in [6.45, 7) is 7.69. The van der Waals surface area contributed by atoms with Gasteiger partial charge in [-0.25, -0.2) is 9.45 Å². The van der Waals surface area contributed by atoms with Gasteiger partial charge in [-0.3, -0.25) is 0 Å². The lowest BCUT2D eigenvalue weighted by molar-refractivity contribution is 0.0748. The van der Waals surface area contributed by atoms with Crippen LogP contribution >= 0.6 is 6.34 Å². The average molecular weight is 439 g/mol. The van der Waals surface area contributed by atoms with E-state index in [1.807, 2.05) is 12.3 Å². The molecule has 0 saturated carbocycles. The zero-order valence-corrected chi connectivity index (χ0v) is 19.4. The Kier molecular flexibility index (Phi) is 4.86. The maximum atomic E-state index is 6.61. The quantitative estimate of drug-likeness (QED) is 0.631. The molecule has 5 rings (SSSR count). The van der Waals surface area contributed by atoms with Crippen LogP contribution in [0.3, 0.4) is 0 Å². The van der Waals surface area contributed by atoms with Crippen molar-refractivity contribution in [2.45, 2.75) is 19.3 Å². The number of allylic oxidation sites excluding steroid dienone is 2. The van der Waals surface area contributed by atoms with Gasteiger partial charge in [0.25, 0.3) is 0 Å². The number of likely N-dealkylation sites (N-methyl/N-ethyl adjacent to an activating group) is 1. The summed E-state index contributed by atoms with van der Waals surface area (Å²) < 4.78 is 10.2. The molecular formula is C23H27N4OPS. The molecule has 3 aliphatic rings. The predicted molar refractivity (Wildman–Crippen MR) is 129 cm³/mol. The number of hydrazone groups is 1. The van der Waals surface area contributed by atoms with E-state index < -0.39 is 6.34 Å². The van der Waals surface area contributed by atoms with Crippen LogP contribution in [0.1, 0.15) is 19.4 Å². The predicted octanol–water partition coefficient (Wildman–Crippen LogP) is 4.77. The van der Waals surface area contributed by atoms with Crippen LogP contribution in [0.4, 0.5) is 11.4 Å². The van der Waals surface area contributed by atoms with Gasteiger partial charge in [-0.05, 0) is 23.8 Å². The van der Waals surface area contributed by atoms with Crippen molar-refractivity contribution in [1.29, 1.82) is 0 Å².